The number of aliphatic hydroxyl groups is 2. The van der Waals surface area contributed by atoms with Crippen molar-refractivity contribution in [3.63, 3.8) is 0 Å². The molecule has 0 spiro atoms. The molecule has 0 amide bonds. The Kier molecular flexibility index (Phi) is 9.48. The molecule has 2 heterocycles. The molecule has 0 bridgehead atoms. The van der Waals surface area contributed by atoms with Crippen LogP contribution in [0.2, 0.25) is 0 Å². The van der Waals surface area contributed by atoms with E-state index in [4.69, 9.17) is 18.9 Å². The predicted molar refractivity (Wildman–Crippen MR) is 108 cm³/mol. The SMILES string of the molecule is CO[C@@H]1[C@H]2OC(O)C[C@H]2C[C@@H](C)[C@H](O)/C=C/C=C/C[C@@H](C)OC(=O)C[C@H]1OC(C)=O. The minimum atomic E-state index is -0.993. The first kappa shape index (κ1) is 24.5. The Balaban J connectivity index is 2.33. The molecule has 0 aromatic carbocycles. The number of aliphatic hydroxyl groups excluding tert-OH is 2. The van der Waals surface area contributed by atoms with Crippen molar-refractivity contribution in [2.24, 2.45) is 11.8 Å². The van der Waals surface area contributed by atoms with Crippen molar-refractivity contribution >= 4 is 11.9 Å². The Hall–Kier alpha value is -1.74. The highest BCUT2D eigenvalue weighted by Gasteiger charge is 2.45. The van der Waals surface area contributed by atoms with Gasteiger partial charge in [-0.2, -0.15) is 0 Å². The monoisotopic (exact) mass is 426 g/mol. The third-order valence-electron chi connectivity index (χ3n) is 5.54. The first-order chi connectivity index (χ1) is 14.2. The van der Waals surface area contributed by atoms with Gasteiger partial charge in [-0.25, -0.2) is 0 Å². The summed E-state index contributed by atoms with van der Waals surface area (Å²) in [6.45, 7) is 4.96. The van der Waals surface area contributed by atoms with Crippen LogP contribution in [0.1, 0.15) is 46.5 Å². The highest BCUT2D eigenvalue weighted by molar-refractivity contribution is 5.71. The standard InChI is InChI=1S/C22H34O8/c1-13-10-16-11-19(25)30-21(16)22(27-4)18(29-15(3)23)12-20(26)28-14(2)8-6-5-7-9-17(13)24/h5-7,9,13-14,16-19,21-22,24-25H,8,10-12H2,1-4H3/b6-5+,9-7+/t13-,14-,16-,17-,18-,19?,21+,22+/m1/s1. The van der Waals surface area contributed by atoms with E-state index in [1.165, 1.54) is 14.0 Å². The minimum Gasteiger partial charge on any atom is -0.462 e. The Morgan fingerprint density at radius 1 is 1.20 bits per heavy atom. The van der Waals surface area contributed by atoms with Crippen LogP contribution in [0, 0.1) is 11.8 Å². The first-order valence-electron chi connectivity index (χ1n) is 10.5. The molecule has 2 rings (SSSR count). The molecule has 30 heavy (non-hydrogen) atoms. The maximum absolute atomic E-state index is 12.5. The van der Waals surface area contributed by atoms with Crippen LogP contribution in [-0.4, -0.2) is 66.1 Å². The summed E-state index contributed by atoms with van der Waals surface area (Å²) in [6, 6.07) is 0. The molecule has 2 aliphatic heterocycles. The molecule has 0 aromatic rings. The van der Waals surface area contributed by atoms with Crippen molar-refractivity contribution in [1.82, 2.24) is 0 Å². The summed E-state index contributed by atoms with van der Waals surface area (Å²) >= 11 is 0. The number of fused-ring (bicyclic) bond motifs is 1. The number of carbonyl (C=O) groups excluding carboxylic acids is 2. The molecule has 1 saturated heterocycles. The van der Waals surface area contributed by atoms with Gasteiger partial charge in [0, 0.05) is 26.9 Å². The van der Waals surface area contributed by atoms with Crippen molar-refractivity contribution in [2.75, 3.05) is 7.11 Å². The Morgan fingerprint density at radius 2 is 1.93 bits per heavy atom. The smallest absolute Gasteiger partial charge is 0.309 e. The molecule has 8 atom stereocenters. The van der Waals surface area contributed by atoms with Crippen LogP contribution in [0.4, 0.5) is 0 Å². The van der Waals surface area contributed by atoms with E-state index in [0.717, 1.165) is 0 Å². The summed E-state index contributed by atoms with van der Waals surface area (Å²) in [4.78, 5) is 24.1. The van der Waals surface area contributed by atoms with E-state index < -0.39 is 42.6 Å². The zero-order chi connectivity index (χ0) is 22.3. The van der Waals surface area contributed by atoms with Crippen LogP contribution in [0.25, 0.3) is 0 Å². The lowest BCUT2D eigenvalue weighted by atomic mass is 9.84. The lowest BCUT2D eigenvalue weighted by Gasteiger charge is -2.33. The van der Waals surface area contributed by atoms with Crippen LogP contribution in [0.5, 0.6) is 0 Å². The van der Waals surface area contributed by atoms with Gasteiger partial charge in [0.1, 0.15) is 18.3 Å². The van der Waals surface area contributed by atoms with Crippen LogP contribution >= 0.6 is 0 Å². The molecule has 8 nitrogen and oxygen atoms in total. The van der Waals surface area contributed by atoms with Crippen LogP contribution in [0.15, 0.2) is 24.3 Å². The number of carbonyl (C=O) groups is 2. The van der Waals surface area contributed by atoms with Gasteiger partial charge >= 0.3 is 11.9 Å². The quantitative estimate of drug-likeness (QED) is 0.644. The summed E-state index contributed by atoms with van der Waals surface area (Å²) < 4.78 is 22.1. The topological polar surface area (TPSA) is 112 Å². The first-order valence-corrected chi connectivity index (χ1v) is 10.5. The molecular formula is C22H34O8. The van der Waals surface area contributed by atoms with Crippen molar-refractivity contribution in [2.45, 2.75) is 83.3 Å². The molecule has 2 aliphatic rings. The Morgan fingerprint density at radius 3 is 2.60 bits per heavy atom. The fraction of sp³-hybridized carbons (Fsp3) is 0.727. The molecule has 0 radical (unpaired) electrons. The molecule has 0 aromatic heterocycles. The van der Waals surface area contributed by atoms with Gasteiger partial charge in [0.05, 0.1) is 18.6 Å². The normalized spacial score (nSPS) is 40.8. The second kappa shape index (κ2) is 11.6. The predicted octanol–water partition coefficient (Wildman–Crippen LogP) is 1.88. The maximum Gasteiger partial charge on any atom is 0.309 e. The highest BCUT2D eigenvalue weighted by Crippen LogP contribution is 2.36. The van der Waals surface area contributed by atoms with E-state index in [0.29, 0.717) is 19.3 Å². The van der Waals surface area contributed by atoms with Gasteiger partial charge in [-0.05, 0) is 25.2 Å². The van der Waals surface area contributed by atoms with Gasteiger partial charge in [0.15, 0.2) is 6.29 Å². The third kappa shape index (κ3) is 7.19. The van der Waals surface area contributed by atoms with E-state index in [2.05, 4.69) is 0 Å². The Labute approximate surface area is 177 Å². The molecule has 8 heteroatoms. The van der Waals surface area contributed by atoms with Crippen molar-refractivity contribution in [3.05, 3.63) is 24.3 Å². The van der Waals surface area contributed by atoms with Crippen molar-refractivity contribution < 1.29 is 38.7 Å². The Bertz CT molecular complexity index is 631. The van der Waals surface area contributed by atoms with Crippen LogP contribution in [0.3, 0.4) is 0 Å². The molecule has 1 unspecified atom stereocenters. The molecule has 0 saturated carbocycles. The van der Waals surface area contributed by atoms with Crippen LogP contribution in [-0.2, 0) is 28.5 Å². The zero-order valence-corrected chi connectivity index (χ0v) is 18.1. The van der Waals surface area contributed by atoms with Gasteiger partial charge in [-0.15, -0.1) is 0 Å². The van der Waals surface area contributed by atoms with Gasteiger partial charge < -0.3 is 29.2 Å². The fourth-order valence-corrected chi connectivity index (χ4v) is 4.07. The molecule has 2 N–H and O–H groups in total. The number of allylic oxidation sites excluding steroid dienone is 2. The van der Waals surface area contributed by atoms with Gasteiger partial charge in [-0.1, -0.05) is 31.2 Å². The van der Waals surface area contributed by atoms with Gasteiger partial charge in [0.25, 0.3) is 0 Å². The largest absolute Gasteiger partial charge is 0.462 e. The summed E-state index contributed by atoms with van der Waals surface area (Å²) in [7, 11) is 1.45. The number of esters is 2. The number of hydrogen-bond donors (Lipinski definition) is 2. The van der Waals surface area contributed by atoms with E-state index in [-0.39, 0.29) is 24.4 Å². The number of methoxy groups -OCH3 is 1. The molecule has 170 valence electrons. The second-order valence-corrected chi connectivity index (χ2v) is 8.16. The van der Waals surface area contributed by atoms with Gasteiger partial charge in [0.2, 0.25) is 0 Å². The van der Waals surface area contributed by atoms with Gasteiger partial charge in [-0.3, -0.25) is 9.59 Å². The average Bonchev–Trinajstić information content (AvgIpc) is 3.00. The maximum atomic E-state index is 12.5. The van der Waals surface area contributed by atoms with E-state index in [9.17, 15) is 19.8 Å². The summed E-state index contributed by atoms with van der Waals surface area (Å²) in [6.07, 6.45) is 4.06. The lowest BCUT2D eigenvalue weighted by molar-refractivity contribution is -0.181. The highest BCUT2D eigenvalue weighted by atomic mass is 16.6. The van der Waals surface area contributed by atoms with E-state index >= 15 is 0 Å². The summed E-state index contributed by atoms with van der Waals surface area (Å²) in [5.41, 5.74) is 0. The summed E-state index contributed by atoms with van der Waals surface area (Å²) in [5, 5.41) is 20.6. The number of cyclic esters (lactones) is 1. The average molecular weight is 427 g/mol. The lowest BCUT2D eigenvalue weighted by Crippen LogP contribution is -2.46. The number of ether oxygens (including phenoxy) is 4. The molecular weight excluding hydrogens is 392 g/mol. The molecule has 1 fully saturated rings. The number of rotatable bonds is 2. The van der Waals surface area contributed by atoms with E-state index in [1.54, 1.807) is 25.2 Å². The van der Waals surface area contributed by atoms with Crippen molar-refractivity contribution in [3.8, 4) is 0 Å². The minimum absolute atomic E-state index is 0.0995. The van der Waals surface area contributed by atoms with Crippen molar-refractivity contribution in [1.29, 1.82) is 0 Å². The second-order valence-electron chi connectivity index (χ2n) is 8.16. The fourth-order valence-electron chi connectivity index (χ4n) is 4.07. The zero-order valence-electron chi connectivity index (χ0n) is 18.1. The van der Waals surface area contributed by atoms with E-state index in [1.807, 2.05) is 13.0 Å². The molecule has 0 aliphatic carbocycles. The number of hydrogen-bond acceptors (Lipinski definition) is 8. The van der Waals surface area contributed by atoms with Crippen LogP contribution < -0.4 is 0 Å². The third-order valence-corrected chi connectivity index (χ3v) is 5.54. The summed E-state index contributed by atoms with van der Waals surface area (Å²) in [5.74, 6) is -1.31.